The summed E-state index contributed by atoms with van der Waals surface area (Å²) in [5.41, 5.74) is 0. The van der Waals surface area contributed by atoms with E-state index in [1.807, 2.05) is 6.92 Å². The molecule has 3 heteroatoms. The molecular weight excluding hydrogens is 156 g/mol. The normalized spacial score (nSPS) is 15.6. The molecule has 3 nitrogen and oxygen atoms in total. The van der Waals surface area contributed by atoms with Gasteiger partial charge in [0.15, 0.2) is 0 Å². The lowest BCUT2D eigenvalue weighted by molar-refractivity contribution is -0.0770. The molecule has 0 saturated heterocycles. The highest BCUT2D eigenvalue weighted by atomic mass is 16.7. The molecule has 0 spiro atoms. The van der Waals surface area contributed by atoms with Gasteiger partial charge < -0.3 is 14.6 Å². The van der Waals surface area contributed by atoms with Crippen molar-refractivity contribution in [2.24, 2.45) is 0 Å². The van der Waals surface area contributed by atoms with Crippen LogP contribution in [0.2, 0.25) is 0 Å². The molecule has 0 aromatic carbocycles. The maximum atomic E-state index is 9.33. The molecular formula is C9H18O3. The Balaban J connectivity index is 3.39. The molecule has 0 bridgehead atoms. The van der Waals surface area contributed by atoms with E-state index in [4.69, 9.17) is 9.47 Å². The van der Waals surface area contributed by atoms with Gasteiger partial charge in [0.25, 0.3) is 0 Å². The number of hydrogen-bond acceptors (Lipinski definition) is 3. The highest BCUT2D eigenvalue weighted by Crippen LogP contribution is 2.05. The van der Waals surface area contributed by atoms with Crippen molar-refractivity contribution in [3.05, 3.63) is 12.7 Å². The second-order valence-corrected chi connectivity index (χ2v) is 2.80. The monoisotopic (exact) mass is 174 g/mol. The van der Waals surface area contributed by atoms with Gasteiger partial charge in [-0.3, -0.25) is 0 Å². The van der Waals surface area contributed by atoms with Gasteiger partial charge in [0.2, 0.25) is 0 Å². The Bertz CT molecular complexity index is 114. The van der Waals surface area contributed by atoms with E-state index in [1.54, 1.807) is 13.2 Å². The summed E-state index contributed by atoms with van der Waals surface area (Å²) in [5.74, 6) is 0. The summed E-state index contributed by atoms with van der Waals surface area (Å²) in [6.45, 7) is 5.73. The average Bonchev–Trinajstić information content (AvgIpc) is 2.01. The predicted octanol–water partition coefficient (Wildman–Crippen LogP) is 1.32. The van der Waals surface area contributed by atoms with Gasteiger partial charge in [-0.1, -0.05) is 6.08 Å². The van der Waals surface area contributed by atoms with Gasteiger partial charge in [0, 0.05) is 7.11 Å². The van der Waals surface area contributed by atoms with E-state index in [1.165, 1.54) is 0 Å². The molecule has 0 aromatic heterocycles. The zero-order valence-electron chi connectivity index (χ0n) is 7.82. The molecule has 0 amide bonds. The predicted molar refractivity (Wildman–Crippen MR) is 47.9 cm³/mol. The Hall–Kier alpha value is -0.380. The Morgan fingerprint density at radius 3 is 2.75 bits per heavy atom. The van der Waals surface area contributed by atoms with Gasteiger partial charge in [-0.05, 0) is 19.8 Å². The molecule has 0 rings (SSSR count). The third kappa shape index (κ3) is 6.34. The minimum atomic E-state index is -0.352. The number of methoxy groups -OCH3 is 1. The lowest BCUT2D eigenvalue weighted by atomic mass is 10.1. The highest BCUT2D eigenvalue weighted by Gasteiger charge is 2.08. The third-order valence-electron chi connectivity index (χ3n) is 1.51. The zero-order valence-corrected chi connectivity index (χ0v) is 7.82. The molecule has 2 atom stereocenters. The maximum absolute atomic E-state index is 9.33. The van der Waals surface area contributed by atoms with E-state index in [0.717, 1.165) is 0 Å². The average molecular weight is 174 g/mol. The molecule has 0 fully saturated rings. The summed E-state index contributed by atoms with van der Waals surface area (Å²) in [6.07, 6.45) is 2.61. The van der Waals surface area contributed by atoms with Gasteiger partial charge in [-0.25, -0.2) is 0 Å². The summed E-state index contributed by atoms with van der Waals surface area (Å²) in [4.78, 5) is 0. The van der Waals surface area contributed by atoms with E-state index in [2.05, 4.69) is 6.58 Å². The fraction of sp³-hybridized carbons (Fsp3) is 0.778. The van der Waals surface area contributed by atoms with Gasteiger partial charge in [-0.2, -0.15) is 0 Å². The summed E-state index contributed by atoms with van der Waals surface area (Å²) in [6, 6.07) is 0. The first-order chi connectivity index (χ1) is 5.70. The Morgan fingerprint density at radius 2 is 2.25 bits per heavy atom. The van der Waals surface area contributed by atoms with Crippen molar-refractivity contribution in [1.82, 2.24) is 0 Å². The van der Waals surface area contributed by atoms with Crippen LogP contribution in [0.1, 0.15) is 19.8 Å². The number of hydrogen-bond donors (Lipinski definition) is 1. The molecule has 12 heavy (non-hydrogen) atoms. The lowest BCUT2D eigenvalue weighted by Crippen LogP contribution is -2.18. The van der Waals surface area contributed by atoms with Crippen molar-refractivity contribution in [1.29, 1.82) is 0 Å². The molecule has 0 heterocycles. The second kappa shape index (κ2) is 7.28. The van der Waals surface area contributed by atoms with Crippen LogP contribution in [0.5, 0.6) is 0 Å². The molecule has 0 unspecified atom stereocenters. The maximum Gasteiger partial charge on any atom is 0.146 e. The second-order valence-electron chi connectivity index (χ2n) is 2.80. The summed E-state index contributed by atoms with van der Waals surface area (Å²) in [5, 5.41) is 9.33. The van der Waals surface area contributed by atoms with Crippen molar-refractivity contribution in [3.63, 3.8) is 0 Å². The van der Waals surface area contributed by atoms with Crippen LogP contribution in [0.4, 0.5) is 0 Å². The fourth-order valence-corrected chi connectivity index (χ4v) is 0.924. The van der Waals surface area contributed by atoms with Crippen LogP contribution in [0.3, 0.4) is 0 Å². The quantitative estimate of drug-likeness (QED) is 0.467. The summed E-state index contributed by atoms with van der Waals surface area (Å²) >= 11 is 0. The van der Waals surface area contributed by atoms with E-state index in [9.17, 15) is 5.11 Å². The topological polar surface area (TPSA) is 38.7 Å². The largest absolute Gasteiger partial charge is 0.393 e. The van der Waals surface area contributed by atoms with Crippen LogP contribution >= 0.6 is 0 Å². The van der Waals surface area contributed by atoms with Crippen LogP contribution in [-0.2, 0) is 9.47 Å². The number of rotatable bonds is 7. The van der Waals surface area contributed by atoms with Crippen molar-refractivity contribution < 1.29 is 14.6 Å². The van der Waals surface area contributed by atoms with Crippen LogP contribution < -0.4 is 0 Å². The van der Waals surface area contributed by atoms with E-state index < -0.39 is 0 Å². The zero-order chi connectivity index (χ0) is 9.40. The molecule has 0 aliphatic rings. The smallest absolute Gasteiger partial charge is 0.146 e. The fourth-order valence-electron chi connectivity index (χ4n) is 0.924. The van der Waals surface area contributed by atoms with Gasteiger partial charge in [0.1, 0.15) is 6.79 Å². The molecule has 1 N–H and O–H groups in total. The van der Waals surface area contributed by atoms with Gasteiger partial charge in [0.05, 0.1) is 12.2 Å². The third-order valence-corrected chi connectivity index (χ3v) is 1.51. The minimum absolute atomic E-state index is 0.0277. The van der Waals surface area contributed by atoms with Crippen molar-refractivity contribution in [2.45, 2.75) is 32.0 Å². The SMILES string of the molecule is C=CC[C@@H](O)C[C@H](C)OCOC. The van der Waals surface area contributed by atoms with Crippen LogP contribution in [-0.4, -0.2) is 31.2 Å². The Labute approximate surface area is 74.0 Å². The van der Waals surface area contributed by atoms with Crippen molar-refractivity contribution >= 4 is 0 Å². The van der Waals surface area contributed by atoms with Crippen molar-refractivity contribution in [2.75, 3.05) is 13.9 Å². The molecule has 72 valence electrons. The first-order valence-electron chi connectivity index (χ1n) is 4.10. The lowest BCUT2D eigenvalue weighted by Gasteiger charge is -2.15. The van der Waals surface area contributed by atoms with Gasteiger partial charge >= 0.3 is 0 Å². The summed E-state index contributed by atoms with van der Waals surface area (Å²) in [7, 11) is 1.58. The van der Waals surface area contributed by atoms with Gasteiger partial charge in [-0.15, -0.1) is 6.58 Å². The number of aliphatic hydroxyl groups is 1. The van der Waals surface area contributed by atoms with E-state index in [-0.39, 0.29) is 19.0 Å². The first kappa shape index (κ1) is 11.6. The van der Waals surface area contributed by atoms with Crippen LogP contribution in [0.15, 0.2) is 12.7 Å². The van der Waals surface area contributed by atoms with E-state index >= 15 is 0 Å². The first-order valence-corrected chi connectivity index (χ1v) is 4.10. The van der Waals surface area contributed by atoms with Crippen LogP contribution in [0.25, 0.3) is 0 Å². The van der Waals surface area contributed by atoms with Crippen molar-refractivity contribution in [3.8, 4) is 0 Å². The highest BCUT2D eigenvalue weighted by molar-refractivity contribution is 4.73. The molecule has 0 aromatic rings. The molecule has 0 radical (unpaired) electrons. The Morgan fingerprint density at radius 1 is 1.58 bits per heavy atom. The number of aliphatic hydroxyl groups excluding tert-OH is 1. The molecule has 0 aliphatic heterocycles. The molecule has 0 saturated carbocycles. The number of ether oxygens (including phenoxy) is 2. The Kier molecular flexibility index (Phi) is 7.05. The van der Waals surface area contributed by atoms with E-state index in [0.29, 0.717) is 12.8 Å². The standard InChI is InChI=1S/C9H18O3/c1-4-5-9(10)6-8(2)12-7-11-3/h4,8-10H,1,5-7H2,2-3H3/t8-,9+/m0/s1. The van der Waals surface area contributed by atoms with Crippen LogP contribution in [0, 0.1) is 0 Å². The molecule has 0 aliphatic carbocycles. The minimum Gasteiger partial charge on any atom is -0.393 e. The summed E-state index contributed by atoms with van der Waals surface area (Å²) < 4.78 is 9.92.